The van der Waals surface area contributed by atoms with Gasteiger partial charge in [-0.1, -0.05) is 17.7 Å². The van der Waals surface area contributed by atoms with Crippen LogP contribution in [-0.4, -0.2) is 17.0 Å². The van der Waals surface area contributed by atoms with Gasteiger partial charge in [-0.2, -0.15) is 0 Å². The van der Waals surface area contributed by atoms with Crippen molar-refractivity contribution in [2.75, 3.05) is 12.4 Å². The molecule has 0 bridgehead atoms. The van der Waals surface area contributed by atoms with Crippen molar-refractivity contribution in [3.8, 4) is 5.75 Å². The van der Waals surface area contributed by atoms with Gasteiger partial charge >= 0.3 is 0 Å². The molecule has 0 amide bonds. The first-order valence-corrected chi connectivity index (χ1v) is 6.57. The van der Waals surface area contributed by atoms with Gasteiger partial charge < -0.3 is 10.1 Å². The number of nitrogens with one attached hydrogen (secondary N) is 1. The number of nitrogens with zero attached hydrogens (tertiary/aromatic N) is 2. The van der Waals surface area contributed by atoms with Gasteiger partial charge in [0.05, 0.1) is 18.1 Å². The second-order valence-electron chi connectivity index (χ2n) is 4.39. The summed E-state index contributed by atoms with van der Waals surface area (Å²) in [7, 11) is 1.56. The Morgan fingerprint density at radius 2 is 2.24 bits per heavy atom. The summed E-state index contributed by atoms with van der Waals surface area (Å²) < 4.78 is 5.24. The molecule has 6 nitrogen and oxygen atoms in total. The van der Waals surface area contributed by atoms with Crippen molar-refractivity contribution in [1.82, 2.24) is 4.98 Å². The fourth-order valence-electron chi connectivity index (χ4n) is 1.89. The SMILES string of the molecule is COc1cccc(Cl)c1CNc1cc([N+](=O)[O-])c(C)cn1. The van der Waals surface area contributed by atoms with Gasteiger partial charge in [-0.15, -0.1) is 0 Å². The number of pyridine rings is 1. The lowest BCUT2D eigenvalue weighted by Crippen LogP contribution is -2.05. The molecule has 1 aromatic heterocycles. The summed E-state index contributed by atoms with van der Waals surface area (Å²) in [5.74, 6) is 1.06. The quantitative estimate of drug-likeness (QED) is 0.675. The zero-order chi connectivity index (χ0) is 15.4. The Labute approximate surface area is 126 Å². The van der Waals surface area contributed by atoms with E-state index >= 15 is 0 Å². The van der Waals surface area contributed by atoms with Gasteiger partial charge in [-0.3, -0.25) is 10.1 Å². The van der Waals surface area contributed by atoms with Crippen molar-refractivity contribution < 1.29 is 9.66 Å². The van der Waals surface area contributed by atoms with Gasteiger partial charge in [-0.05, 0) is 19.1 Å². The normalized spacial score (nSPS) is 10.2. The Kier molecular flexibility index (Phi) is 4.59. The average Bonchev–Trinajstić information content (AvgIpc) is 2.46. The highest BCUT2D eigenvalue weighted by molar-refractivity contribution is 6.31. The van der Waals surface area contributed by atoms with E-state index < -0.39 is 4.92 Å². The molecule has 0 saturated carbocycles. The molecule has 7 heteroatoms. The highest BCUT2D eigenvalue weighted by Gasteiger charge is 2.13. The number of ether oxygens (including phenoxy) is 1. The molecular formula is C14H14ClN3O3. The van der Waals surface area contributed by atoms with E-state index in [0.717, 1.165) is 5.56 Å². The minimum absolute atomic E-state index is 0.0265. The summed E-state index contributed by atoms with van der Waals surface area (Å²) in [6, 6.07) is 6.75. The first kappa shape index (κ1) is 15.1. The van der Waals surface area contributed by atoms with E-state index in [4.69, 9.17) is 16.3 Å². The molecule has 0 aliphatic carbocycles. The molecule has 21 heavy (non-hydrogen) atoms. The fourth-order valence-corrected chi connectivity index (χ4v) is 2.12. The van der Waals surface area contributed by atoms with Crippen molar-refractivity contribution >= 4 is 23.1 Å². The molecule has 0 aliphatic rings. The molecule has 0 unspecified atom stereocenters. The standard InChI is InChI=1S/C14H14ClN3O3/c1-9-7-16-14(6-12(9)18(19)20)17-8-10-11(15)4-3-5-13(10)21-2/h3-7H,8H2,1-2H3,(H,16,17). The van der Waals surface area contributed by atoms with E-state index in [1.165, 1.54) is 12.3 Å². The van der Waals surface area contributed by atoms with E-state index in [1.807, 2.05) is 0 Å². The van der Waals surface area contributed by atoms with Crippen molar-refractivity contribution in [3.63, 3.8) is 0 Å². The van der Waals surface area contributed by atoms with Gasteiger partial charge in [0.1, 0.15) is 11.6 Å². The third-order valence-electron chi connectivity index (χ3n) is 3.01. The number of halogens is 1. The molecule has 0 radical (unpaired) electrons. The first-order valence-electron chi connectivity index (χ1n) is 6.19. The predicted octanol–water partition coefficient (Wildman–Crippen LogP) is 3.57. The maximum atomic E-state index is 10.9. The smallest absolute Gasteiger partial charge is 0.277 e. The van der Waals surface area contributed by atoms with Crippen LogP contribution in [0.5, 0.6) is 5.75 Å². The minimum Gasteiger partial charge on any atom is -0.496 e. The highest BCUT2D eigenvalue weighted by atomic mass is 35.5. The van der Waals surface area contributed by atoms with Crippen LogP contribution in [0.3, 0.4) is 0 Å². The largest absolute Gasteiger partial charge is 0.496 e. The fraction of sp³-hybridized carbons (Fsp3) is 0.214. The van der Waals surface area contributed by atoms with Gasteiger partial charge in [0.2, 0.25) is 0 Å². The summed E-state index contributed by atoms with van der Waals surface area (Å²) in [4.78, 5) is 14.6. The number of aromatic nitrogens is 1. The van der Waals surface area contributed by atoms with E-state index in [0.29, 0.717) is 28.7 Å². The van der Waals surface area contributed by atoms with Gasteiger partial charge in [0.15, 0.2) is 0 Å². The monoisotopic (exact) mass is 307 g/mol. The molecule has 0 spiro atoms. The van der Waals surface area contributed by atoms with Crippen LogP contribution in [0.15, 0.2) is 30.5 Å². The van der Waals surface area contributed by atoms with Crippen molar-refractivity contribution in [2.45, 2.75) is 13.5 Å². The van der Waals surface area contributed by atoms with E-state index in [1.54, 1.807) is 32.2 Å². The molecule has 0 atom stereocenters. The highest BCUT2D eigenvalue weighted by Crippen LogP contribution is 2.27. The minimum atomic E-state index is -0.432. The Balaban J connectivity index is 2.21. The lowest BCUT2D eigenvalue weighted by molar-refractivity contribution is -0.385. The number of hydrogen-bond acceptors (Lipinski definition) is 5. The van der Waals surface area contributed by atoms with Crippen LogP contribution in [-0.2, 0) is 6.54 Å². The molecule has 1 N–H and O–H groups in total. The summed E-state index contributed by atoms with van der Waals surface area (Å²) in [6.07, 6.45) is 1.46. The number of benzene rings is 1. The van der Waals surface area contributed by atoms with Crippen LogP contribution in [0, 0.1) is 17.0 Å². The van der Waals surface area contributed by atoms with Gasteiger partial charge in [-0.25, -0.2) is 4.98 Å². The van der Waals surface area contributed by atoms with Crippen molar-refractivity contribution in [2.24, 2.45) is 0 Å². The third kappa shape index (κ3) is 3.41. The molecule has 2 rings (SSSR count). The number of rotatable bonds is 5. The lowest BCUT2D eigenvalue weighted by Gasteiger charge is -2.11. The van der Waals surface area contributed by atoms with Gasteiger partial charge in [0.25, 0.3) is 5.69 Å². The topological polar surface area (TPSA) is 77.3 Å². The molecule has 2 aromatic rings. The molecule has 1 aromatic carbocycles. The Morgan fingerprint density at radius 3 is 2.90 bits per heavy atom. The third-order valence-corrected chi connectivity index (χ3v) is 3.37. The number of methoxy groups -OCH3 is 1. The number of hydrogen-bond donors (Lipinski definition) is 1. The number of aryl methyl sites for hydroxylation is 1. The Hall–Kier alpha value is -2.34. The lowest BCUT2D eigenvalue weighted by atomic mass is 10.2. The second-order valence-corrected chi connectivity index (χ2v) is 4.79. The zero-order valence-corrected chi connectivity index (χ0v) is 12.3. The predicted molar refractivity (Wildman–Crippen MR) is 81.0 cm³/mol. The average molecular weight is 308 g/mol. The van der Waals surface area contributed by atoms with Crippen LogP contribution < -0.4 is 10.1 Å². The zero-order valence-electron chi connectivity index (χ0n) is 11.6. The van der Waals surface area contributed by atoms with E-state index in [-0.39, 0.29) is 5.69 Å². The van der Waals surface area contributed by atoms with Gasteiger partial charge in [0, 0.05) is 28.9 Å². The van der Waals surface area contributed by atoms with E-state index in [2.05, 4.69) is 10.3 Å². The maximum absolute atomic E-state index is 10.9. The van der Waals surface area contributed by atoms with Crippen molar-refractivity contribution in [3.05, 3.63) is 56.7 Å². The summed E-state index contributed by atoms with van der Waals surface area (Å²) in [6.45, 7) is 2.00. The Morgan fingerprint density at radius 1 is 1.48 bits per heavy atom. The number of nitro groups is 1. The van der Waals surface area contributed by atoms with Crippen LogP contribution in [0.2, 0.25) is 5.02 Å². The van der Waals surface area contributed by atoms with Crippen molar-refractivity contribution in [1.29, 1.82) is 0 Å². The summed E-state index contributed by atoms with van der Waals surface area (Å²) in [5, 5.41) is 14.5. The van der Waals surface area contributed by atoms with E-state index in [9.17, 15) is 10.1 Å². The molecule has 0 aliphatic heterocycles. The Bertz CT molecular complexity index is 677. The molecule has 110 valence electrons. The molecule has 1 heterocycles. The summed E-state index contributed by atoms with van der Waals surface area (Å²) >= 11 is 6.13. The maximum Gasteiger partial charge on any atom is 0.277 e. The molecule has 0 saturated heterocycles. The first-order chi connectivity index (χ1) is 10.0. The van der Waals surface area contributed by atoms with Crippen LogP contribution in [0.4, 0.5) is 11.5 Å². The number of anilines is 1. The van der Waals surface area contributed by atoms with Crippen LogP contribution >= 0.6 is 11.6 Å². The van der Waals surface area contributed by atoms with Crippen LogP contribution in [0.25, 0.3) is 0 Å². The second kappa shape index (κ2) is 6.41. The molecule has 0 fully saturated rings. The molecular weight excluding hydrogens is 294 g/mol. The van der Waals surface area contributed by atoms with Crippen LogP contribution in [0.1, 0.15) is 11.1 Å². The summed E-state index contributed by atoms with van der Waals surface area (Å²) in [5.41, 5.74) is 1.31.